The standard InChI is InChI=1S/C17H21N3O3/c1-23-14-7-5-13(6-8-14)20-10-9-15(19-20)17(22)18-11-12-3-2-4-16(12)21/h5-10,12,16,21H,2-4,11H2,1H3,(H,18,22). The number of aliphatic hydroxyl groups is 1. The lowest BCUT2D eigenvalue weighted by Gasteiger charge is -2.14. The maximum absolute atomic E-state index is 12.2. The molecule has 2 N–H and O–H groups in total. The Kier molecular flexibility index (Phi) is 4.62. The first-order valence-electron chi connectivity index (χ1n) is 7.84. The molecule has 1 amide bonds. The van der Waals surface area contributed by atoms with Gasteiger partial charge in [-0.05, 0) is 43.2 Å². The monoisotopic (exact) mass is 315 g/mol. The normalized spacial score (nSPS) is 20.4. The number of ether oxygens (including phenoxy) is 1. The number of benzene rings is 1. The zero-order valence-corrected chi connectivity index (χ0v) is 13.1. The highest BCUT2D eigenvalue weighted by atomic mass is 16.5. The van der Waals surface area contributed by atoms with Crippen molar-refractivity contribution >= 4 is 5.91 Å². The Morgan fingerprint density at radius 1 is 1.35 bits per heavy atom. The second-order valence-corrected chi connectivity index (χ2v) is 5.81. The van der Waals surface area contributed by atoms with Crippen molar-refractivity contribution in [2.45, 2.75) is 25.4 Å². The molecule has 0 aliphatic heterocycles. The van der Waals surface area contributed by atoms with Crippen LogP contribution in [-0.4, -0.2) is 40.6 Å². The van der Waals surface area contributed by atoms with Crippen molar-refractivity contribution in [3.63, 3.8) is 0 Å². The summed E-state index contributed by atoms with van der Waals surface area (Å²) in [6.45, 7) is 0.495. The minimum Gasteiger partial charge on any atom is -0.497 e. The number of nitrogens with zero attached hydrogens (tertiary/aromatic N) is 2. The molecule has 3 rings (SSSR count). The number of nitrogens with one attached hydrogen (secondary N) is 1. The molecule has 0 saturated heterocycles. The average molecular weight is 315 g/mol. The Balaban J connectivity index is 1.62. The Morgan fingerprint density at radius 2 is 2.13 bits per heavy atom. The number of hydrogen-bond donors (Lipinski definition) is 2. The van der Waals surface area contributed by atoms with Crippen molar-refractivity contribution < 1.29 is 14.6 Å². The van der Waals surface area contributed by atoms with Gasteiger partial charge in [-0.2, -0.15) is 5.10 Å². The second-order valence-electron chi connectivity index (χ2n) is 5.81. The first kappa shape index (κ1) is 15.6. The van der Waals surface area contributed by atoms with Gasteiger partial charge in [-0.3, -0.25) is 4.79 Å². The minimum atomic E-state index is -0.299. The highest BCUT2D eigenvalue weighted by Gasteiger charge is 2.25. The van der Waals surface area contributed by atoms with E-state index in [0.717, 1.165) is 30.7 Å². The first-order chi connectivity index (χ1) is 11.2. The molecule has 1 aromatic heterocycles. The maximum Gasteiger partial charge on any atom is 0.271 e. The zero-order valence-electron chi connectivity index (χ0n) is 13.1. The highest BCUT2D eigenvalue weighted by Crippen LogP contribution is 2.24. The van der Waals surface area contributed by atoms with Crippen molar-refractivity contribution in [2.75, 3.05) is 13.7 Å². The van der Waals surface area contributed by atoms with E-state index in [2.05, 4.69) is 10.4 Å². The van der Waals surface area contributed by atoms with Gasteiger partial charge in [0.2, 0.25) is 0 Å². The van der Waals surface area contributed by atoms with Gasteiger partial charge in [0.05, 0.1) is 18.9 Å². The van der Waals surface area contributed by atoms with Crippen LogP contribution in [0.1, 0.15) is 29.8 Å². The molecule has 1 heterocycles. The molecule has 1 aliphatic rings. The summed E-state index contributed by atoms with van der Waals surface area (Å²) >= 11 is 0. The third-order valence-corrected chi connectivity index (χ3v) is 4.30. The van der Waals surface area contributed by atoms with Crippen LogP contribution in [0.5, 0.6) is 5.75 Å². The molecule has 2 unspecified atom stereocenters. The topological polar surface area (TPSA) is 76.4 Å². The van der Waals surface area contributed by atoms with Gasteiger partial charge >= 0.3 is 0 Å². The fourth-order valence-electron chi connectivity index (χ4n) is 2.89. The predicted octanol–water partition coefficient (Wildman–Crippen LogP) is 1.77. The molecule has 122 valence electrons. The Hall–Kier alpha value is -2.34. The van der Waals surface area contributed by atoms with E-state index in [1.54, 1.807) is 24.1 Å². The van der Waals surface area contributed by atoms with Crippen LogP contribution in [-0.2, 0) is 0 Å². The number of aromatic nitrogens is 2. The molecule has 1 saturated carbocycles. The van der Waals surface area contributed by atoms with E-state index in [1.165, 1.54) is 0 Å². The summed E-state index contributed by atoms with van der Waals surface area (Å²) < 4.78 is 6.78. The molecule has 1 aliphatic carbocycles. The van der Waals surface area contributed by atoms with Crippen molar-refractivity contribution in [3.05, 3.63) is 42.2 Å². The molecule has 6 heteroatoms. The van der Waals surface area contributed by atoms with Gasteiger partial charge in [-0.15, -0.1) is 0 Å². The molecule has 0 bridgehead atoms. The van der Waals surface area contributed by atoms with Gasteiger partial charge in [0, 0.05) is 18.7 Å². The summed E-state index contributed by atoms with van der Waals surface area (Å²) in [6, 6.07) is 9.13. The summed E-state index contributed by atoms with van der Waals surface area (Å²) in [5.41, 5.74) is 1.23. The van der Waals surface area contributed by atoms with Gasteiger partial charge in [0.15, 0.2) is 5.69 Å². The molecular formula is C17H21N3O3. The predicted molar refractivity (Wildman–Crippen MR) is 85.8 cm³/mol. The maximum atomic E-state index is 12.2. The molecule has 2 atom stereocenters. The third-order valence-electron chi connectivity index (χ3n) is 4.30. The van der Waals surface area contributed by atoms with Crippen LogP contribution in [0, 0.1) is 5.92 Å². The van der Waals surface area contributed by atoms with Crippen LogP contribution in [0.4, 0.5) is 0 Å². The smallest absolute Gasteiger partial charge is 0.271 e. The van der Waals surface area contributed by atoms with E-state index in [4.69, 9.17) is 4.74 Å². The lowest BCUT2D eigenvalue weighted by atomic mass is 10.1. The molecular weight excluding hydrogens is 294 g/mol. The lowest BCUT2D eigenvalue weighted by Crippen LogP contribution is -2.32. The van der Waals surface area contributed by atoms with E-state index < -0.39 is 0 Å². The van der Waals surface area contributed by atoms with Gasteiger partial charge in [-0.1, -0.05) is 6.42 Å². The fourth-order valence-corrected chi connectivity index (χ4v) is 2.89. The number of rotatable bonds is 5. The zero-order chi connectivity index (χ0) is 16.2. The molecule has 2 aromatic rings. The number of carbonyl (C=O) groups excluding carboxylic acids is 1. The van der Waals surface area contributed by atoms with Crippen LogP contribution < -0.4 is 10.1 Å². The molecule has 1 aromatic carbocycles. The molecule has 0 spiro atoms. The quantitative estimate of drug-likeness (QED) is 0.881. The van der Waals surface area contributed by atoms with E-state index in [1.807, 2.05) is 24.3 Å². The number of methoxy groups -OCH3 is 1. The summed E-state index contributed by atoms with van der Waals surface area (Å²) in [5, 5.41) is 16.9. The van der Waals surface area contributed by atoms with E-state index in [9.17, 15) is 9.90 Å². The summed E-state index contributed by atoms with van der Waals surface area (Å²) in [5.74, 6) is 0.716. The van der Waals surface area contributed by atoms with Gasteiger partial charge < -0.3 is 15.2 Å². The van der Waals surface area contributed by atoms with Crippen molar-refractivity contribution in [1.82, 2.24) is 15.1 Å². The highest BCUT2D eigenvalue weighted by molar-refractivity contribution is 5.92. The van der Waals surface area contributed by atoms with Crippen molar-refractivity contribution in [2.24, 2.45) is 5.92 Å². The Morgan fingerprint density at radius 3 is 2.78 bits per heavy atom. The van der Waals surface area contributed by atoms with Crippen LogP contribution in [0.15, 0.2) is 36.5 Å². The van der Waals surface area contributed by atoms with Gasteiger partial charge in [-0.25, -0.2) is 4.68 Å². The molecule has 6 nitrogen and oxygen atoms in total. The van der Waals surface area contributed by atoms with Crippen LogP contribution in [0.3, 0.4) is 0 Å². The Labute approximate surface area is 135 Å². The minimum absolute atomic E-state index is 0.155. The lowest BCUT2D eigenvalue weighted by molar-refractivity contribution is 0.0911. The third kappa shape index (κ3) is 3.53. The molecule has 1 fully saturated rings. The molecule has 0 radical (unpaired) electrons. The Bertz CT molecular complexity index is 666. The summed E-state index contributed by atoms with van der Waals surface area (Å²) in [6.07, 6.45) is 4.26. The van der Waals surface area contributed by atoms with E-state index in [0.29, 0.717) is 12.2 Å². The first-order valence-corrected chi connectivity index (χ1v) is 7.84. The van der Waals surface area contributed by atoms with E-state index in [-0.39, 0.29) is 17.9 Å². The second kappa shape index (κ2) is 6.83. The largest absolute Gasteiger partial charge is 0.497 e. The van der Waals surface area contributed by atoms with Crippen LogP contribution in [0.25, 0.3) is 5.69 Å². The van der Waals surface area contributed by atoms with Gasteiger partial charge in [0.25, 0.3) is 5.91 Å². The number of aliphatic hydroxyl groups excluding tert-OH is 1. The van der Waals surface area contributed by atoms with Gasteiger partial charge in [0.1, 0.15) is 5.75 Å². The number of amides is 1. The summed E-state index contributed by atoms with van der Waals surface area (Å²) in [7, 11) is 1.62. The van der Waals surface area contributed by atoms with Crippen LogP contribution >= 0.6 is 0 Å². The summed E-state index contributed by atoms with van der Waals surface area (Å²) in [4.78, 5) is 12.2. The number of carbonyl (C=O) groups is 1. The van der Waals surface area contributed by atoms with Crippen molar-refractivity contribution in [1.29, 1.82) is 0 Å². The number of hydrogen-bond acceptors (Lipinski definition) is 4. The molecule has 23 heavy (non-hydrogen) atoms. The SMILES string of the molecule is COc1ccc(-n2ccc(C(=O)NCC3CCCC3O)n2)cc1. The van der Waals surface area contributed by atoms with Crippen molar-refractivity contribution in [3.8, 4) is 11.4 Å². The van der Waals surface area contributed by atoms with E-state index >= 15 is 0 Å². The fraction of sp³-hybridized carbons (Fsp3) is 0.412. The van der Waals surface area contributed by atoms with Crippen LogP contribution in [0.2, 0.25) is 0 Å². The average Bonchev–Trinajstić information content (AvgIpc) is 3.22.